The van der Waals surface area contributed by atoms with E-state index in [1.807, 2.05) is 49.5 Å². The Bertz CT molecular complexity index is 821. The van der Waals surface area contributed by atoms with Crippen LogP contribution in [0.1, 0.15) is 21.7 Å². The molecular weight excluding hydrogens is 312 g/mol. The van der Waals surface area contributed by atoms with E-state index in [0.717, 1.165) is 17.9 Å². The third-order valence-electron chi connectivity index (χ3n) is 3.84. The molecular formula is C20H20N4O. The van der Waals surface area contributed by atoms with E-state index < -0.39 is 0 Å². The molecule has 0 aliphatic rings. The van der Waals surface area contributed by atoms with Crippen LogP contribution < -0.4 is 10.2 Å². The Hall–Kier alpha value is -3.21. The first kappa shape index (κ1) is 16.6. The molecule has 3 rings (SSSR count). The van der Waals surface area contributed by atoms with Crippen molar-refractivity contribution in [2.24, 2.45) is 0 Å². The maximum Gasteiger partial charge on any atom is 0.270 e. The Kier molecular flexibility index (Phi) is 5.36. The molecule has 2 heterocycles. The SMILES string of the molecule is CN(Cc1ccccc1)c1ccnc(C(=O)NCc2ccccn2)c1. The minimum atomic E-state index is -0.208. The van der Waals surface area contributed by atoms with Gasteiger partial charge in [0.15, 0.2) is 0 Å². The van der Waals surface area contributed by atoms with Crippen molar-refractivity contribution in [2.75, 3.05) is 11.9 Å². The van der Waals surface area contributed by atoms with Gasteiger partial charge in [0.25, 0.3) is 5.91 Å². The van der Waals surface area contributed by atoms with Gasteiger partial charge in [0.05, 0.1) is 12.2 Å². The monoisotopic (exact) mass is 332 g/mol. The zero-order valence-corrected chi connectivity index (χ0v) is 14.1. The van der Waals surface area contributed by atoms with E-state index in [1.54, 1.807) is 18.5 Å². The van der Waals surface area contributed by atoms with E-state index in [2.05, 4.69) is 32.3 Å². The van der Waals surface area contributed by atoms with Gasteiger partial charge in [0.1, 0.15) is 5.69 Å². The minimum Gasteiger partial charge on any atom is -0.370 e. The summed E-state index contributed by atoms with van der Waals surface area (Å²) in [4.78, 5) is 22.8. The highest BCUT2D eigenvalue weighted by Gasteiger charge is 2.10. The molecule has 0 aliphatic carbocycles. The second-order valence-electron chi connectivity index (χ2n) is 5.74. The van der Waals surface area contributed by atoms with E-state index in [1.165, 1.54) is 5.56 Å². The van der Waals surface area contributed by atoms with Gasteiger partial charge in [-0.1, -0.05) is 36.4 Å². The summed E-state index contributed by atoms with van der Waals surface area (Å²) in [6.07, 6.45) is 3.37. The lowest BCUT2D eigenvalue weighted by Gasteiger charge is -2.19. The van der Waals surface area contributed by atoms with Crippen molar-refractivity contribution in [1.29, 1.82) is 0 Å². The van der Waals surface area contributed by atoms with E-state index in [-0.39, 0.29) is 5.91 Å². The Morgan fingerprint density at radius 2 is 1.80 bits per heavy atom. The zero-order chi connectivity index (χ0) is 17.5. The number of anilines is 1. The number of benzene rings is 1. The molecule has 0 saturated carbocycles. The largest absolute Gasteiger partial charge is 0.370 e. The van der Waals surface area contributed by atoms with Crippen LogP contribution in [0.25, 0.3) is 0 Å². The molecule has 3 aromatic rings. The van der Waals surface area contributed by atoms with Crippen LogP contribution in [-0.4, -0.2) is 22.9 Å². The summed E-state index contributed by atoms with van der Waals surface area (Å²) >= 11 is 0. The van der Waals surface area contributed by atoms with Crippen LogP contribution in [0, 0.1) is 0 Å². The van der Waals surface area contributed by atoms with Gasteiger partial charge in [0, 0.05) is 31.7 Å². The molecule has 1 amide bonds. The number of nitrogens with one attached hydrogen (secondary N) is 1. The first-order valence-corrected chi connectivity index (χ1v) is 8.11. The second-order valence-corrected chi connectivity index (χ2v) is 5.74. The molecule has 0 unspecified atom stereocenters. The Morgan fingerprint density at radius 3 is 2.56 bits per heavy atom. The highest BCUT2D eigenvalue weighted by Crippen LogP contribution is 2.16. The number of nitrogens with zero attached hydrogens (tertiary/aromatic N) is 3. The van der Waals surface area contributed by atoms with Gasteiger partial charge in [-0.05, 0) is 29.8 Å². The normalized spacial score (nSPS) is 10.3. The van der Waals surface area contributed by atoms with Crippen LogP contribution in [0.4, 0.5) is 5.69 Å². The van der Waals surface area contributed by atoms with Crippen molar-refractivity contribution in [3.05, 3.63) is 90.0 Å². The fraction of sp³-hybridized carbons (Fsp3) is 0.150. The Balaban J connectivity index is 1.65. The van der Waals surface area contributed by atoms with Gasteiger partial charge >= 0.3 is 0 Å². The van der Waals surface area contributed by atoms with E-state index in [4.69, 9.17) is 0 Å². The number of carbonyl (C=O) groups excluding carboxylic acids is 1. The van der Waals surface area contributed by atoms with E-state index in [9.17, 15) is 4.79 Å². The molecule has 126 valence electrons. The lowest BCUT2D eigenvalue weighted by atomic mass is 10.2. The quantitative estimate of drug-likeness (QED) is 0.754. The van der Waals surface area contributed by atoms with Gasteiger partial charge in [-0.3, -0.25) is 14.8 Å². The second kappa shape index (κ2) is 8.06. The van der Waals surface area contributed by atoms with E-state index >= 15 is 0 Å². The summed E-state index contributed by atoms with van der Waals surface area (Å²) < 4.78 is 0. The van der Waals surface area contributed by atoms with Crippen LogP contribution in [0.2, 0.25) is 0 Å². The third kappa shape index (κ3) is 4.64. The topological polar surface area (TPSA) is 58.1 Å². The summed E-state index contributed by atoms with van der Waals surface area (Å²) in [7, 11) is 2.00. The zero-order valence-electron chi connectivity index (χ0n) is 14.1. The van der Waals surface area contributed by atoms with Gasteiger partial charge < -0.3 is 10.2 Å². The van der Waals surface area contributed by atoms with Crippen molar-refractivity contribution >= 4 is 11.6 Å². The fourth-order valence-corrected chi connectivity index (χ4v) is 2.49. The van der Waals surface area contributed by atoms with Crippen LogP contribution in [0.15, 0.2) is 73.1 Å². The molecule has 0 spiro atoms. The summed E-state index contributed by atoms with van der Waals surface area (Å²) in [6, 6.07) is 19.5. The van der Waals surface area contributed by atoms with Gasteiger partial charge in [-0.2, -0.15) is 0 Å². The smallest absolute Gasteiger partial charge is 0.270 e. The minimum absolute atomic E-state index is 0.208. The average molecular weight is 332 g/mol. The molecule has 0 atom stereocenters. The first-order valence-electron chi connectivity index (χ1n) is 8.11. The van der Waals surface area contributed by atoms with Crippen molar-refractivity contribution in [1.82, 2.24) is 15.3 Å². The third-order valence-corrected chi connectivity index (χ3v) is 3.84. The van der Waals surface area contributed by atoms with Crippen LogP contribution in [0.5, 0.6) is 0 Å². The number of rotatable bonds is 6. The molecule has 0 saturated heterocycles. The number of hydrogen-bond donors (Lipinski definition) is 1. The molecule has 1 aromatic carbocycles. The van der Waals surface area contributed by atoms with Gasteiger partial charge in [-0.15, -0.1) is 0 Å². The Morgan fingerprint density at radius 1 is 1.00 bits per heavy atom. The van der Waals surface area contributed by atoms with Crippen LogP contribution in [0.3, 0.4) is 0 Å². The van der Waals surface area contributed by atoms with Crippen molar-refractivity contribution < 1.29 is 4.79 Å². The molecule has 1 N–H and O–H groups in total. The lowest BCUT2D eigenvalue weighted by Crippen LogP contribution is -2.25. The Labute approximate surface area is 147 Å². The summed E-state index contributed by atoms with van der Waals surface area (Å²) in [6.45, 7) is 1.14. The molecule has 2 aromatic heterocycles. The summed E-state index contributed by atoms with van der Waals surface area (Å²) in [5.41, 5.74) is 3.37. The highest BCUT2D eigenvalue weighted by atomic mass is 16.1. The van der Waals surface area contributed by atoms with E-state index in [0.29, 0.717) is 12.2 Å². The van der Waals surface area contributed by atoms with Gasteiger partial charge in [0.2, 0.25) is 0 Å². The molecule has 5 nitrogen and oxygen atoms in total. The number of carbonyl (C=O) groups is 1. The van der Waals surface area contributed by atoms with Crippen molar-refractivity contribution in [3.63, 3.8) is 0 Å². The van der Waals surface area contributed by atoms with Crippen molar-refractivity contribution in [3.8, 4) is 0 Å². The highest BCUT2D eigenvalue weighted by molar-refractivity contribution is 5.93. The maximum absolute atomic E-state index is 12.3. The summed E-state index contributed by atoms with van der Waals surface area (Å²) in [5.74, 6) is -0.208. The van der Waals surface area contributed by atoms with Crippen LogP contribution in [-0.2, 0) is 13.1 Å². The molecule has 0 bridgehead atoms. The molecule has 0 radical (unpaired) electrons. The predicted octanol–water partition coefficient (Wildman–Crippen LogP) is 3.04. The fourth-order valence-electron chi connectivity index (χ4n) is 2.49. The maximum atomic E-state index is 12.3. The lowest BCUT2D eigenvalue weighted by molar-refractivity contribution is 0.0945. The summed E-state index contributed by atoms with van der Waals surface area (Å²) in [5, 5.41) is 2.85. The number of hydrogen-bond acceptors (Lipinski definition) is 4. The molecule has 0 aliphatic heterocycles. The molecule has 5 heteroatoms. The molecule has 0 fully saturated rings. The van der Waals surface area contributed by atoms with Crippen molar-refractivity contribution in [2.45, 2.75) is 13.1 Å². The number of aromatic nitrogens is 2. The molecule has 25 heavy (non-hydrogen) atoms. The number of pyridine rings is 2. The van der Waals surface area contributed by atoms with Crippen LogP contribution >= 0.6 is 0 Å². The van der Waals surface area contributed by atoms with Gasteiger partial charge in [-0.25, -0.2) is 0 Å². The average Bonchev–Trinajstić information content (AvgIpc) is 2.68. The number of amides is 1. The first-order chi connectivity index (χ1) is 12.2. The predicted molar refractivity (Wildman–Crippen MR) is 98.2 cm³/mol. The standard InChI is InChI=1S/C20H20N4O/c1-24(15-16-7-3-2-4-8-16)18-10-12-22-19(13-18)20(25)23-14-17-9-5-6-11-21-17/h2-13H,14-15H2,1H3,(H,23,25).